The number of nitrogens with zero attached hydrogens (tertiary/aromatic N) is 1. The smallest absolute Gasteiger partial charge is 0.304 e. The fraction of sp³-hybridized carbons (Fsp3) is 0.100. The van der Waals surface area contributed by atoms with Crippen LogP contribution in [0.3, 0.4) is 0 Å². The third kappa shape index (κ3) is 2.91. The fourth-order valence-corrected chi connectivity index (χ4v) is 1.85. The SMILES string of the molecule is NC(=O)c1cc(NCc2csc(=O)[nH]2)ccn1. The molecule has 2 aromatic rings. The average molecular weight is 250 g/mol. The summed E-state index contributed by atoms with van der Waals surface area (Å²) in [6.07, 6.45) is 1.50. The molecule has 2 heterocycles. The molecule has 0 aliphatic carbocycles. The predicted octanol–water partition coefficient (Wildman–Crippen LogP) is 0.542. The van der Waals surface area contributed by atoms with Gasteiger partial charge in [-0.15, -0.1) is 0 Å². The fourth-order valence-electron chi connectivity index (χ4n) is 1.27. The first kappa shape index (κ1) is 11.3. The summed E-state index contributed by atoms with van der Waals surface area (Å²) in [5.74, 6) is -0.572. The molecule has 0 fully saturated rings. The van der Waals surface area contributed by atoms with Gasteiger partial charge < -0.3 is 16.0 Å². The third-order valence-corrected chi connectivity index (χ3v) is 2.78. The summed E-state index contributed by atoms with van der Waals surface area (Å²) in [7, 11) is 0. The molecule has 2 aromatic heterocycles. The van der Waals surface area contributed by atoms with Crippen molar-refractivity contribution in [2.24, 2.45) is 5.73 Å². The van der Waals surface area contributed by atoms with Crippen molar-refractivity contribution < 1.29 is 4.79 Å². The molecular formula is C10H10N4O2S. The number of anilines is 1. The van der Waals surface area contributed by atoms with Gasteiger partial charge in [0.2, 0.25) is 0 Å². The Morgan fingerprint density at radius 2 is 2.41 bits per heavy atom. The highest BCUT2D eigenvalue weighted by atomic mass is 32.1. The molecule has 0 atom stereocenters. The summed E-state index contributed by atoms with van der Waals surface area (Å²) < 4.78 is 0. The van der Waals surface area contributed by atoms with Gasteiger partial charge in [-0.05, 0) is 12.1 Å². The lowest BCUT2D eigenvalue weighted by Gasteiger charge is -2.05. The molecule has 0 aliphatic rings. The molecular weight excluding hydrogens is 240 g/mol. The molecule has 0 aromatic carbocycles. The zero-order valence-corrected chi connectivity index (χ0v) is 9.58. The minimum Gasteiger partial charge on any atom is -0.379 e. The van der Waals surface area contributed by atoms with E-state index in [0.29, 0.717) is 6.54 Å². The number of aromatic amines is 1. The molecule has 6 nitrogen and oxygen atoms in total. The van der Waals surface area contributed by atoms with E-state index in [4.69, 9.17) is 5.73 Å². The number of rotatable bonds is 4. The molecule has 2 rings (SSSR count). The molecule has 0 unspecified atom stereocenters. The van der Waals surface area contributed by atoms with Crippen molar-refractivity contribution in [1.29, 1.82) is 0 Å². The van der Waals surface area contributed by atoms with Gasteiger partial charge >= 0.3 is 4.87 Å². The van der Waals surface area contributed by atoms with Crippen LogP contribution in [0.1, 0.15) is 16.2 Å². The van der Waals surface area contributed by atoms with Crippen LogP contribution in [0.25, 0.3) is 0 Å². The first-order valence-corrected chi connectivity index (χ1v) is 5.69. The summed E-state index contributed by atoms with van der Waals surface area (Å²) in [6.45, 7) is 0.473. The largest absolute Gasteiger partial charge is 0.379 e. The minimum absolute atomic E-state index is 0.0886. The highest BCUT2D eigenvalue weighted by Gasteiger charge is 2.03. The van der Waals surface area contributed by atoms with Crippen LogP contribution >= 0.6 is 11.3 Å². The maximum absolute atomic E-state index is 10.9. The van der Waals surface area contributed by atoms with Gasteiger partial charge in [-0.25, -0.2) is 0 Å². The highest BCUT2D eigenvalue weighted by molar-refractivity contribution is 7.07. The van der Waals surface area contributed by atoms with Gasteiger partial charge in [0.05, 0.1) is 6.54 Å². The number of primary amides is 1. The number of carbonyl (C=O) groups is 1. The van der Waals surface area contributed by atoms with Crippen LogP contribution in [-0.2, 0) is 6.54 Å². The van der Waals surface area contributed by atoms with Crippen molar-refractivity contribution in [1.82, 2.24) is 9.97 Å². The van der Waals surface area contributed by atoms with E-state index in [9.17, 15) is 9.59 Å². The van der Waals surface area contributed by atoms with E-state index in [0.717, 1.165) is 22.7 Å². The van der Waals surface area contributed by atoms with Gasteiger partial charge in [0.25, 0.3) is 5.91 Å². The predicted molar refractivity (Wildman–Crippen MR) is 65.0 cm³/mol. The van der Waals surface area contributed by atoms with Crippen molar-refractivity contribution in [3.8, 4) is 0 Å². The Hall–Kier alpha value is -2.15. The Balaban J connectivity index is 2.06. The van der Waals surface area contributed by atoms with Crippen molar-refractivity contribution in [3.63, 3.8) is 0 Å². The van der Waals surface area contributed by atoms with Crippen LogP contribution in [-0.4, -0.2) is 15.9 Å². The monoisotopic (exact) mass is 250 g/mol. The number of hydrogen-bond donors (Lipinski definition) is 3. The van der Waals surface area contributed by atoms with Crippen molar-refractivity contribution >= 4 is 22.9 Å². The quantitative estimate of drug-likeness (QED) is 0.737. The van der Waals surface area contributed by atoms with E-state index in [1.54, 1.807) is 17.5 Å². The highest BCUT2D eigenvalue weighted by Crippen LogP contribution is 2.09. The van der Waals surface area contributed by atoms with Crippen LogP contribution in [0.4, 0.5) is 5.69 Å². The molecule has 4 N–H and O–H groups in total. The van der Waals surface area contributed by atoms with Gasteiger partial charge in [0, 0.05) is 23.0 Å². The Bertz CT molecular complexity index is 590. The summed E-state index contributed by atoms with van der Waals surface area (Å²) >= 11 is 1.11. The second-order valence-corrected chi connectivity index (χ2v) is 4.16. The zero-order chi connectivity index (χ0) is 12.3. The number of pyridine rings is 1. The summed E-state index contributed by atoms with van der Waals surface area (Å²) in [5, 5.41) is 4.80. The van der Waals surface area contributed by atoms with E-state index in [-0.39, 0.29) is 10.6 Å². The second-order valence-electron chi connectivity index (χ2n) is 3.32. The number of amides is 1. The van der Waals surface area contributed by atoms with Crippen LogP contribution in [0.15, 0.2) is 28.5 Å². The van der Waals surface area contributed by atoms with Crippen LogP contribution < -0.4 is 15.9 Å². The van der Waals surface area contributed by atoms with E-state index in [1.165, 1.54) is 6.20 Å². The van der Waals surface area contributed by atoms with Crippen molar-refractivity contribution in [3.05, 3.63) is 44.8 Å². The van der Waals surface area contributed by atoms with Crippen molar-refractivity contribution in [2.75, 3.05) is 5.32 Å². The van der Waals surface area contributed by atoms with E-state index >= 15 is 0 Å². The Morgan fingerprint density at radius 3 is 3.06 bits per heavy atom. The Labute approximate surface area is 101 Å². The lowest BCUT2D eigenvalue weighted by Crippen LogP contribution is -2.13. The number of aromatic nitrogens is 2. The molecule has 88 valence electrons. The third-order valence-electron chi connectivity index (χ3n) is 2.07. The van der Waals surface area contributed by atoms with Gasteiger partial charge in [0.15, 0.2) is 0 Å². The number of H-pyrrole nitrogens is 1. The molecule has 17 heavy (non-hydrogen) atoms. The maximum Gasteiger partial charge on any atom is 0.304 e. The standard InChI is InChI=1S/C10H10N4O2S/c11-9(15)8-3-6(1-2-12-8)13-4-7-5-17-10(16)14-7/h1-3,5H,4H2,(H2,11,15)(H,12,13)(H,14,16). The summed E-state index contributed by atoms with van der Waals surface area (Å²) in [6, 6.07) is 3.28. The molecule has 0 saturated heterocycles. The number of thiazole rings is 1. The van der Waals surface area contributed by atoms with Gasteiger partial charge in [-0.3, -0.25) is 14.6 Å². The zero-order valence-electron chi connectivity index (χ0n) is 8.77. The van der Waals surface area contributed by atoms with E-state index in [1.807, 2.05) is 0 Å². The van der Waals surface area contributed by atoms with Gasteiger partial charge in [-0.1, -0.05) is 11.3 Å². The maximum atomic E-state index is 10.9. The number of nitrogens with two attached hydrogens (primary N) is 1. The molecule has 7 heteroatoms. The molecule has 0 aliphatic heterocycles. The Morgan fingerprint density at radius 1 is 1.59 bits per heavy atom. The molecule has 0 spiro atoms. The normalized spacial score (nSPS) is 10.1. The first-order chi connectivity index (χ1) is 8.15. The first-order valence-electron chi connectivity index (χ1n) is 4.81. The van der Waals surface area contributed by atoms with Crippen molar-refractivity contribution in [2.45, 2.75) is 6.54 Å². The van der Waals surface area contributed by atoms with Crippen LogP contribution in [0.5, 0.6) is 0 Å². The molecule has 1 amide bonds. The number of hydrogen-bond acceptors (Lipinski definition) is 5. The topological polar surface area (TPSA) is 101 Å². The minimum atomic E-state index is -0.572. The van der Waals surface area contributed by atoms with E-state index < -0.39 is 5.91 Å². The van der Waals surface area contributed by atoms with Crippen LogP contribution in [0, 0.1) is 0 Å². The second kappa shape index (κ2) is 4.79. The summed E-state index contributed by atoms with van der Waals surface area (Å²) in [4.78, 5) is 28.2. The number of nitrogens with one attached hydrogen (secondary N) is 2. The Kier molecular flexibility index (Phi) is 3.20. The van der Waals surface area contributed by atoms with E-state index in [2.05, 4.69) is 15.3 Å². The molecule has 0 radical (unpaired) electrons. The molecule has 0 bridgehead atoms. The lowest BCUT2D eigenvalue weighted by molar-refractivity contribution is 0.0995. The lowest BCUT2D eigenvalue weighted by atomic mass is 10.3. The summed E-state index contributed by atoms with van der Waals surface area (Å²) in [5.41, 5.74) is 6.83. The molecule has 0 saturated carbocycles. The number of carbonyl (C=O) groups excluding carboxylic acids is 1. The average Bonchev–Trinajstić information content (AvgIpc) is 2.73. The van der Waals surface area contributed by atoms with Gasteiger partial charge in [0.1, 0.15) is 5.69 Å². The van der Waals surface area contributed by atoms with Gasteiger partial charge in [-0.2, -0.15) is 0 Å². The van der Waals surface area contributed by atoms with Crippen LogP contribution in [0.2, 0.25) is 0 Å².